The molecule has 0 unspecified atom stereocenters. The van der Waals surface area contributed by atoms with Crippen LogP contribution in [0.4, 0.5) is 5.69 Å². The standard InChI is InChI=1S/C27H32N6O3/c1-2-33-22-12-13-32(27(35)25-20-10-6-7-11-23(20)36-29-25)18-21(22)24(28-33)26(34)31-16-14-30(15-17-31)19-8-4-3-5-9-19/h3-5,8-9H,2,6-7,10-18H2,1H3. The van der Waals surface area contributed by atoms with Crippen molar-refractivity contribution >= 4 is 17.5 Å². The van der Waals surface area contributed by atoms with Gasteiger partial charge in [0.1, 0.15) is 5.76 Å². The van der Waals surface area contributed by atoms with Gasteiger partial charge in [-0.15, -0.1) is 0 Å². The molecule has 2 amide bonds. The minimum absolute atomic E-state index is 0.0423. The highest BCUT2D eigenvalue weighted by Gasteiger charge is 2.35. The van der Waals surface area contributed by atoms with Crippen molar-refractivity contribution in [1.82, 2.24) is 24.7 Å². The molecule has 0 radical (unpaired) electrons. The smallest absolute Gasteiger partial charge is 0.276 e. The molecule has 188 valence electrons. The van der Waals surface area contributed by atoms with Crippen LogP contribution in [0, 0.1) is 0 Å². The van der Waals surface area contributed by atoms with E-state index in [1.54, 1.807) is 4.90 Å². The second-order valence-corrected chi connectivity index (χ2v) is 9.82. The summed E-state index contributed by atoms with van der Waals surface area (Å²) < 4.78 is 7.43. The van der Waals surface area contributed by atoms with E-state index in [9.17, 15) is 9.59 Å². The molecule has 2 aliphatic heterocycles. The van der Waals surface area contributed by atoms with Gasteiger partial charge in [0.05, 0.1) is 6.54 Å². The van der Waals surface area contributed by atoms with E-state index in [0.717, 1.165) is 61.4 Å². The summed E-state index contributed by atoms with van der Waals surface area (Å²) in [6, 6.07) is 10.3. The zero-order chi connectivity index (χ0) is 24.6. The number of benzene rings is 1. The number of para-hydroxylation sites is 1. The number of carbonyl (C=O) groups is 2. The van der Waals surface area contributed by atoms with Gasteiger partial charge in [-0.25, -0.2) is 0 Å². The first kappa shape index (κ1) is 22.8. The highest BCUT2D eigenvalue weighted by atomic mass is 16.5. The number of aryl methyl sites for hydroxylation is 2. The van der Waals surface area contributed by atoms with Crippen LogP contribution in [0.5, 0.6) is 0 Å². The van der Waals surface area contributed by atoms with E-state index in [2.05, 4.69) is 22.2 Å². The molecule has 3 aliphatic rings. The second-order valence-electron chi connectivity index (χ2n) is 9.82. The summed E-state index contributed by atoms with van der Waals surface area (Å²) in [5.41, 5.74) is 5.02. The largest absolute Gasteiger partial charge is 0.368 e. The van der Waals surface area contributed by atoms with Gasteiger partial charge in [-0.2, -0.15) is 5.10 Å². The Hall–Kier alpha value is -3.62. The van der Waals surface area contributed by atoms with Crippen molar-refractivity contribution < 1.29 is 14.1 Å². The predicted molar refractivity (Wildman–Crippen MR) is 134 cm³/mol. The average molecular weight is 489 g/mol. The Labute approximate surface area is 210 Å². The first-order valence-corrected chi connectivity index (χ1v) is 13.1. The lowest BCUT2D eigenvalue weighted by atomic mass is 9.95. The minimum atomic E-state index is -0.105. The maximum Gasteiger partial charge on any atom is 0.276 e. The lowest BCUT2D eigenvalue weighted by Gasteiger charge is -2.36. The Kier molecular flexibility index (Phi) is 5.99. The number of aromatic nitrogens is 3. The molecule has 36 heavy (non-hydrogen) atoms. The van der Waals surface area contributed by atoms with E-state index in [-0.39, 0.29) is 11.8 Å². The quantitative estimate of drug-likeness (QED) is 0.561. The lowest BCUT2D eigenvalue weighted by molar-refractivity contribution is 0.0702. The van der Waals surface area contributed by atoms with Crippen LogP contribution in [-0.4, -0.2) is 69.3 Å². The molecule has 2 aromatic heterocycles. The molecule has 1 aliphatic carbocycles. The summed E-state index contributed by atoms with van der Waals surface area (Å²) in [6.45, 7) is 6.57. The van der Waals surface area contributed by atoms with Crippen LogP contribution in [0.3, 0.4) is 0 Å². The molecule has 3 aromatic rings. The van der Waals surface area contributed by atoms with Crippen molar-refractivity contribution in [2.75, 3.05) is 37.6 Å². The molecule has 6 rings (SSSR count). The summed E-state index contributed by atoms with van der Waals surface area (Å²) in [4.78, 5) is 33.1. The van der Waals surface area contributed by atoms with Gasteiger partial charge in [-0.05, 0) is 38.3 Å². The maximum atomic E-state index is 13.6. The zero-order valence-corrected chi connectivity index (χ0v) is 20.8. The molecule has 0 spiro atoms. The van der Waals surface area contributed by atoms with Crippen LogP contribution in [0.15, 0.2) is 34.9 Å². The van der Waals surface area contributed by atoms with E-state index in [0.29, 0.717) is 50.5 Å². The van der Waals surface area contributed by atoms with Gasteiger partial charge in [-0.1, -0.05) is 23.4 Å². The summed E-state index contributed by atoms with van der Waals surface area (Å²) in [7, 11) is 0. The topological polar surface area (TPSA) is 87.7 Å². The molecule has 4 heterocycles. The third kappa shape index (κ3) is 3.96. The van der Waals surface area contributed by atoms with Crippen molar-refractivity contribution in [3.05, 3.63) is 64.3 Å². The molecule has 0 bridgehead atoms. The number of piperazine rings is 1. The van der Waals surface area contributed by atoms with Gasteiger partial charge in [0.25, 0.3) is 11.8 Å². The highest BCUT2D eigenvalue weighted by molar-refractivity contribution is 5.96. The van der Waals surface area contributed by atoms with Crippen LogP contribution < -0.4 is 4.90 Å². The number of rotatable bonds is 4. The Morgan fingerprint density at radius 2 is 1.61 bits per heavy atom. The molecule has 0 atom stereocenters. The lowest BCUT2D eigenvalue weighted by Crippen LogP contribution is -2.49. The SMILES string of the molecule is CCn1nc(C(=O)N2CCN(c3ccccc3)CC2)c2c1CCN(C(=O)c1noc3c1CCCC3)C2. The monoisotopic (exact) mass is 488 g/mol. The molecule has 1 saturated heterocycles. The fraction of sp³-hybridized carbons (Fsp3) is 0.481. The number of anilines is 1. The van der Waals surface area contributed by atoms with Crippen LogP contribution in [-0.2, 0) is 32.4 Å². The Balaban J connectivity index is 1.21. The van der Waals surface area contributed by atoms with Gasteiger partial charge >= 0.3 is 0 Å². The van der Waals surface area contributed by atoms with Crippen molar-refractivity contribution in [3.63, 3.8) is 0 Å². The van der Waals surface area contributed by atoms with E-state index in [1.807, 2.05) is 34.7 Å². The maximum absolute atomic E-state index is 13.6. The Morgan fingerprint density at radius 1 is 0.861 bits per heavy atom. The fourth-order valence-corrected chi connectivity index (χ4v) is 5.76. The number of hydrogen-bond donors (Lipinski definition) is 0. The number of carbonyl (C=O) groups excluding carboxylic acids is 2. The number of hydrogen-bond acceptors (Lipinski definition) is 6. The van der Waals surface area contributed by atoms with Crippen molar-refractivity contribution in [2.24, 2.45) is 0 Å². The van der Waals surface area contributed by atoms with E-state index < -0.39 is 0 Å². The van der Waals surface area contributed by atoms with E-state index in [4.69, 9.17) is 9.62 Å². The van der Waals surface area contributed by atoms with Gasteiger partial charge in [-0.3, -0.25) is 14.3 Å². The minimum Gasteiger partial charge on any atom is -0.368 e. The summed E-state index contributed by atoms with van der Waals surface area (Å²) in [6.07, 6.45) is 4.49. The Morgan fingerprint density at radius 3 is 2.39 bits per heavy atom. The normalized spacial score (nSPS) is 17.6. The summed E-state index contributed by atoms with van der Waals surface area (Å²) in [5.74, 6) is 0.706. The zero-order valence-electron chi connectivity index (χ0n) is 20.8. The molecular formula is C27H32N6O3. The van der Waals surface area contributed by atoms with Crippen molar-refractivity contribution in [2.45, 2.75) is 52.1 Å². The number of fused-ring (bicyclic) bond motifs is 2. The number of nitrogens with zero attached hydrogens (tertiary/aromatic N) is 6. The fourth-order valence-electron chi connectivity index (χ4n) is 5.76. The van der Waals surface area contributed by atoms with Crippen LogP contribution in [0.25, 0.3) is 0 Å². The molecule has 9 nitrogen and oxygen atoms in total. The first-order valence-electron chi connectivity index (χ1n) is 13.1. The predicted octanol–water partition coefficient (Wildman–Crippen LogP) is 2.93. The van der Waals surface area contributed by atoms with Gasteiger partial charge in [0.15, 0.2) is 11.4 Å². The Bertz CT molecular complexity index is 1270. The van der Waals surface area contributed by atoms with Gasteiger partial charge < -0.3 is 19.2 Å². The third-order valence-electron chi connectivity index (χ3n) is 7.76. The van der Waals surface area contributed by atoms with Crippen LogP contribution in [0.1, 0.15) is 63.3 Å². The van der Waals surface area contributed by atoms with Gasteiger partial charge in [0, 0.05) is 74.6 Å². The van der Waals surface area contributed by atoms with Crippen molar-refractivity contribution in [3.8, 4) is 0 Å². The van der Waals surface area contributed by atoms with E-state index in [1.165, 1.54) is 5.69 Å². The molecule has 0 saturated carbocycles. The van der Waals surface area contributed by atoms with Crippen molar-refractivity contribution in [1.29, 1.82) is 0 Å². The first-order chi connectivity index (χ1) is 17.6. The highest BCUT2D eigenvalue weighted by Crippen LogP contribution is 2.29. The molecule has 9 heteroatoms. The van der Waals surface area contributed by atoms with Gasteiger partial charge in [0.2, 0.25) is 0 Å². The molecule has 0 N–H and O–H groups in total. The molecule has 1 fully saturated rings. The average Bonchev–Trinajstić information content (AvgIpc) is 3.54. The number of amides is 2. The third-order valence-corrected chi connectivity index (χ3v) is 7.76. The molecule has 1 aromatic carbocycles. The van der Waals surface area contributed by atoms with E-state index >= 15 is 0 Å². The second kappa shape index (κ2) is 9.44. The summed E-state index contributed by atoms with van der Waals surface area (Å²) in [5, 5.41) is 8.88. The summed E-state index contributed by atoms with van der Waals surface area (Å²) >= 11 is 0. The molecular weight excluding hydrogens is 456 g/mol. The van der Waals surface area contributed by atoms with Crippen LogP contribution >= 0.6 is 0 Å². The van der Waals surface area contributed by atoms with Crippen LogP contribution in [0.2, 0.25) is 0 Å².